The Morgan fingerprint density at radius 3 is 2.86 bits per heavy atom. The Labute approximate surface area is 82.3 Å². The van der Waals surface area contributed by atoms with Gasteiger partial charge >= 0.3 is 12.1 Å². The fraction of sp³-hybridized carbons (Fsp3) is 0.556. The predicted octanol–water partition coefficient (Wildman–Crippen LogP) is 0.558. The van der Waals surface area contributed by atoms with Crippen molar-refractivity contribution in [3.05, 3.63) is 11.6 Å². The number of nitrogens with zero attached hydrogens (tertiary/aromatic N) is 1. The molecule has 0 aliphatic carbocycles. The summed E-state index contributed by atoms with van der Waals surface area (Å²) >= 11 is 0. The van der Waals surface area contributed by atoms with E-state index in [1.54, 1.807) is 13.0 Å². The summed E-state index contributed by atoms with van der Waals surface area (Å²) < 4.78 is 9.33. The quantitative estimate of drug-likeness (QED) is 0.610. The van der Waals surface area contributed by atoms with Crippen LogP contribution in [0.15, 0.2) is 11.6 Å². The van der Waals surface area contributed by atoms with Crippen LogP contribution in [-0.4, -0.2) is 43.8 Å². The van der Waals surface area contributed by atoms with Crippen LogP contribution < -0.4 is 0 Å². The Morgan fingerprint density at radius 2 is 2.29 bits per heavy atom. The van der Waals surface area contributed by atoms with Crippen molar-refractivity contribution in [2.45, 2.75) is 6.92 Å². The highest BCUT2D eigenvalue weighted by atomic mass is 16.6. The van der Waals surface area contributed by atoms with Crippen molar-refractivity contribution in [2.75, 3.05) is 26.8 Å². The lowest BCUT2D eigenvalue weighted by Crippen LogP contribution is -2.30. The van der Waals surface area contributed by atoms with E-state index in [0.29, 0.717) is 18.7 Å². The van der Waals surface area contributed by atoms with Crippen molar-refractivity contribution in [1.29, 1.82) is 0 Å². The van der Waals surface area contributed by atoms with Crippen LogP contribution in [0.25, 0.3) is 0 Å². The predicted molar refractivity (Wildman–Crippen MR) is 48.7 cm³/mol. The van der Waals surface area contributed by atoms with Crippen molar-refractivity contribution in [3.63, 3.8) is 0 Å². The molecule has 78 valence electrons. The van der Waals surface area contributed by atoms with Gasteiger partial charge in [0.1, 0.15) is 0 Å². The molecule has 14 heavy (non-hydrogen) atoms. The van der Waals surface area contributed by atoms with Gasteiger partial charge in [-0.1, -0.05) is 6.08 Å². The fourth-order valence-corrected chi connectivity index (χ4v) is 1.19. The Bertz CT molecular complexity index is 272. The van der Waals surface area contributed by atoms with Crippen LogP contribution in [0.4, 0.5) is 4.79 Å². The number of esters is 1. The second-order valence-corrected chi connectivity index (χ2v) is 2.80. The van der Waals surface area contributed by atoms with E-state index in [1.807, 2.05) is 0 Å². The van der Waals surface area contributed by atoms with Gasteiger partial charge < -0.3 is 9.47 Å². The summed E-state index contributed by atoms with van der Waals surface area (Å²) in [5, 5.41) is 0. The van der Waals surface area contributed by atoms with Crippen molar-refractivity contribution < 1.29 is 19.1 Å². The molecule has 0 atom stereocenters. The molecule has 5 heteroatoms. The lowest BCUT2D eigenvalue weighted by atomic mass is 10.3. The van der Waals surface area contributed by atoms with Crippen LogP contribution in [0.5, 0.6) is 0 Å². The average molecular weight is 199 g/mol. The molecule has 1 heterocycles. The zero-order valence-electron chi connectivity index (χ0n) is 8.28. The average Bonchev–Trinajstić information content (AvgIpc) is 2.66. The Hall–Kier alpha value is -1.52. The maximum atomic E-state index is 11.2. The largest absolute Gasteiger partial charge is 0.466 e. The molecule has 0 aromatic carbocycles. The van der Waals surface area contributed by atoms with Gasteiger partial charge in [0.05, 0.1) is 25.8 Å². The minimum absolute atomic E-state index is 0.269. The van der Waals surface area contributed by atoms with Crippen molar-refractivity contribution >= 4 is 12.1 Å². The van der Waals surface area contributed by atoms with E-state index in [0.717, 1.165) is 0 Å². The number of carbonyl (C=O) groups is 2. The van der Waals surface area contributed by atoms with E-state index in [2.05, 4.69) is 4.74 Å². The number of hydrogen-bond donors (Lipinski definition) is 0. The molecule has 0 bridgehead atoms. The van der Waals surface area contributed by atoms with E-state index >= 15 is 0 Å². The summed E-state index contributed by atoms with van der Waals surface area (Å²) in [6, 6.07) is 0. The zero-order chi connectivity index (χ0) is 10.6. The lowest BCUT2D eigenvalue weighted by Gasteiger charge is -2.14. The van der Waals surface area contributed by atoms with Crippen molar-refractivity contribution in [2.24, 2.45) is 0 Å². The molecule has 1 rings (SSSR count). The van der Waals surface area contributed by atoms with Crippen LogP contribution in [0.3, 0.4) is 0 Å². The van der Waals surface area contributed by atoms with Gasteiger partial charge in [-0.25, -0.2) is 9.59 Å². The third-order valence-corrected chi connectivity index (χ3v) is 1.89. The standard InChI is InChI=1S/C9H13NO4/c1-3-14-9(12)10-5-4-7(6-10)8(11)13-2/h4H,3,5-6H2,1-2H3. The third kappa shape index (κ3) is 2.25. The molecule has 5 nitrogen and oxygen atoms in total. The van der Waals surface area contributed by atoms with Gasteiger partial charge in [0, 0.05) is 6.54 Å². The molecule has 0 fully saturated rings. The molecule has 0 aromatic heterocycles. The van der Waals surface area contributed by atoms with E-state index in [1.165, 1.54) is 12.0 Å². The molecule has 0 N–H and O–H groups in total. The molecule has 0 radical (unpaired) electrons. The zero-order valence-corrected chi connectivity index (χ0v) is 8.28. The van der Waals surface area contributed by atoms with Crippen LogP contribution in [0, 0.1) is 0 Å². The molecular formula is C9H13NO4. The molecule has 0 aromatic rings. The number of amides is 1. The minimum atomic E-state index is -0.400. The first-order valence-electron chi connectivity index (χ1n) is 4.38. The van der Waals surface area contributed by atoms with E-state index in [9.17, 15) is 9.59 Å². The lowest BCUT2D eigenvalue weighted by molar-refractivity contribution is -0.136. The molecule has 0 saturated heterocycles. The SMILES string of the molecule is CCOC(=O)N1CC=C(C(=O)OC)C1. The van der Waals surface area contributed by atoms with Gasteiger partial charge in [0.25, 0.3) is 0 Å². The van der Waals surface area contributed by atoms with Gasteiger partial charge in [-0.3, -0.25) is 4.90 Å². The van der Waals surface area contributed by atoms with Crippen molar-refractivity contribution in [3.8, 4) is 0 Å². The van der Waals surface area contributed by atoms with Gasteiger partial charge in [0.15, 0.2) is 0 Å². The number of hydrogen-bond acceptors (Lipinski definition) is 4. The van der Waals surface area contributed by atoms with E-state index in [-0.39, 0.29) is 6.54 Å². The van der Waals surface area contributed by atoms with Gasteiger partial charge in [0.2, 0.25) is 0 Å². The molecule has 0 saturated carbocycles. The second kappa shape index (κ2) is 4.64. The highest BCUT2D eigenvalue weighted by Crippen LogP contribution is 2.11. The monoisotopic (exact) mass is 199 g/mol. The number of carbonyl (C=O) groups excluding carboxylic acids is 2. The Balaban J connectivity index is 2.46. The first-order valence-corrected chi connectivity index (χ1v) is 4.38. The maximum Gasteiger partial charge on any atom is 0.410 e. The number of ether oxygens (including phenoxy) is 2. The summed E-state index contributed by atoms with van der Waals surface area (Å²) in [5.41, 5.74) is 0.501. The number of rotatable bonds is 2. The first-order chi connectivity index (χ1) is 6.69. The normalized spacial score (nSPS) is 15.0. The molecule has 1 amide bonds. The molecule has 0 spiro atoms. The third-order valence-electron chi connectivity index (χ3n) is 1.89. The van der Waals surface area contributed by atoms with E-state index in [4.69, 9.17) is 4.74 Å². The minimum Gasteiger partial charge on any atom is -0.466 e. The van der Waals surface area contributed by atoms with Crippen LogP contribution in [0.1, 0.15) is 6.92 Å². The summed E-state index contributed by atoms with van der Waals surface area (Å²) in [5.74, 6) is -0.392. The van der Waals surface area contributed by atoms with Crippen molar-refractivity contribution in [1.82, 2.24) is 4.90 Å². The topological polar surface area (TPSA) is 55.8 Å². The molecule has 1 aliphatic heterocycles. The summed E-state index contributed by atoms with van der Waals surface area (Å²) in [6.07, 6.45) is 1.27. The fourth-order valence-electron chi connectivity index (χ4n) is 1.19. The summed E-state index contributed by atoms with van der Waals surface area (Å²) in [4.78, 5) is 23.7. The smallest absolute Gasteiger partial charge is 0.410 e. The summed E-state index contributed by atoms with van der Waals surface area (Å²) in [6.45, 7) is 2.75. The van der Waals surface area contributed by atoms with Gasteiger partial charge in [-0.05, 0) is 6.92 Å². The number of methoxy groups -OCH3 is 1. The van der Waals surface area contributed by atoms with Crippen LogP contribution >= 0.6 is 0 Å². The molecular weight excluding hydrogens is 186 g/mol. The van der Waals surface area contributed by atoms with Gasteiger partial charge in [-0.15, -0.1) is 0 Å². The maximum absolute atomic E-state index is 11.2. The van der Waals surface area contributed by atoms with Gasteiger partial charge in [-0.2, -0.15) is 0 Å². The Morgan fingerprint density at radius 1 is 1.57 bits per heavy atom. The Kier molecular flexibility index (Phi) is 3.50. The van der Waals surface area contributed by atoms with Crippen LogP contribution in [-0.2, 0) is 14.3 Å². The highest BCUT2D eigenvalue weighted by molar-refractivity contribution is 5.90. The van der Waals surface area contributed by atoms with Crippen LogP contribution in [0.2, 0.25) is 0 Å². The second-order valence-electron chi connectivity index (χ2n) is 2.80. The van der Waals surface area contributed by atoms with E-state index < -0.39 is 12.1 Å². The summed E-state index contributed by atoms with van der Waals surface area (Å²) in [7, 11) is 1.32. The first kappa shape index (κ1) is 10.6. The highest BCUT2D eigenvalue weighted by Gasteiger charge is 2.24. The molecule has 1 aliphatic rings. The molecule has 0 unspecified atom stereocenters.